The van der Waals surface area contributed by atoms with E-state index in [1.807, 2.05) is 18.2 Å². The summed E-state index contributed by atoms with van der Waals surface area (Å²) >= 11 is 0. The predicted octanol–water partition coefficient (Wildman–Crippen LogP) is 4.69. The zero-order valence-corrected chi connectivity index (χ0v) is 19.5. The lowest BCUT2D eigenvalue weighted by Gasteiger charge is -2.22. The summed E-state index contributed by atoms with van der Waals surface area (Å²) in [6.45, 7) is 9.49. The molecule has 1 amide bonds. The molecule has 0 saturated carbocycles. The summed E-state index contributed by atoms with van der Waals surface area (Å²) in [5.41, 5.74) is 3.71. The molecular weight excluding hydrogens is 418 g/mol. The summed E-state index contributed by atoms with van der Waals surface area (Å²) in [5, 5.41) is 6.88. The third-order valence-electron chi connectivity index (χ3n) is 5.61. The topological polar surface area (TPSA) is 76.8 Å². The van der Waals surface area contributed by atoms with Gasteiger partial charge >= 0.3 is 0 Å². The first-order valence-corrected chi connectivity index (χ1v) is 11.4. The number of fused-ring (bicyclic) bond motifs is 1. The smallest absolute Gasteiger partial charge is 0.273 e. The van der Waals surface area contributed by atoms with Crippen LogP contribution in [-0.2, 0) is 19.6 Å². The number of aryl methyl sites for hydroxylation is 1. The Labute approximate surface area is 194 Å². The number of aromatic nitrogens is 1. The van der Waals surface area contributed by atoms with Crippen LogP contribution in [0, 0.1) is 12.8 Å². The van der Waals surface area contributed by atoms with E-state index in [0.29, 0.717) is 30.5 Å². The summed E-state index contributed by atoms with van der Waals surface area (Å²) < 4.78 is 16.2. The molecule has 0 saturated heterocycles. The minimum atomic E-state index is -0.269. The number of carbonyl (C=O) groups is 1. The van der Waals surface area contributed by atoms with Crippen LogP contribution in [0.1, 0.15) is 53.2 Å². The summed E-state index contributed by atoms with van der Waals surface area (Å²) in [4.78, 5) is 14.9. The molecule has 1 N–H and O–H groups in total. The van der Waals surface area contributed by atoms with Crippen LogP contribution in [0.3, 0.4) is 0 Å². The van der Waals surface area contributed by atoms with E-state index in [4.69, 9.17) is 14.0 Å². The second kappa shape index (κ2) is 10.5. The van der Waals surface area contributed by atoms with Gasteiger partial charge in [0.2, 0.25) is 6.79 Å². The van der Waals surface area contributed by atoms with Gasteiger partial charge in [-0.25, -0.2) is 0 Å². The van der Waals surface area contributed by atoms with Crippen LogP contribution in [-0.4, -0.2) is 29.3 Å². The molecule has 0 unspecified atom stereocenters. The molecule has 33 heavy (non-hydrogen) atoms. The second-order valence-electron chi connectivity index (χ2n) is 8.93. The highest BCUT2D eigenvalue weighted by molar-refractivity contribution is 5.92. The first kappa shape index (κ1) is 22.9. The van der Waals surface area contributed by atoms with Crippen molar-refractivity contribution in [3.63, 3.8) is 0 Å². The van der Waals surface area contributed by atoms with Gasteiger partial charge in [-0.3, -0.25) is 9.69 Å². The van der Waals surface area contributed by atoms with Gasteiger partial charge in [-0.1, -0.05) is 54.9 Å². The lowest BCUT2D eigenvalue weighted by atomic mass is 10.1. The first-order chi connectivity index (χ1) is 16.0. The molecule has 1 aromatic heterocycles. The van der Waals surface area contributed by atoms with Crippen molar-refractivity contribution in [2.24, 2.45) is 5.92 Å². The highest BCUT2D eigenvalue weighted by Crippen LogP contribution is 2.32. The fourth-order valence-electron chi connectivity index (χ4n) is 3.65. The van der Waals surface area contributed by atoms with Crippen LogP contribution < -0.4 is 14.8 Å². The molecule has 1 aliphatic heterocycles. The highest BCUT2D eigenvalue weighted by Gasteiger charge is 2.17. The van der Waals surface area contributed by atoms with Crippen LogP contribution in [0.5, 0.6) is 11.5 Å². The van der Waals surface area contributed by atoms with Crippen LogP contribution in [0.15, 0.2) is 53.1 Å². The van der Waals surface area contributed by atoms with Crippen molar-refractivity contribution in [3.05, 3.63) is 76.7 Å². The zero-order valence-electron chi connectivity index (χ0n) is 19.5. The summed E-state index contributed by atoms with van der Waals surface area (Å²) in [6.07, 6.45) is 1.09. The number of ether oxygens (including phenoxy) is 2. The van der Waals surface area contributed by atoms with E-state index in [1.165, 1.54) is 11.1 Å². The zero-order chi connectivity index (χ0) is 23.2. The van der Waals surface area contributed by atoms with E-state index in [1.54, 1.807) is 6.07 Å². The SMILES string of the molecule is Cc1ccc(CN(CCC(C)C)Cc2cc(C(=O)NCc3ccc4c(c3)OCO4)no2)cc1. The van der Waals surface area contributed by atoms with Gasteiger partial charge in [0, 0.05) is 19.2 Å². The van der Waals surface area contributed by atoms with E-state index in [-0.39, 0.29) is 18.4 Å². The Hall–Kier alpha value is -3.32. The number of benzene rings is 2. The van der Waals surface area contributed by atoms with Crippen LogP contribution in [0.25, 0.3) is 0 Å². The standard InChI is InChI=1S/C26H31N3O4/c1-18(2)10-11-29(15-20-6-4-19(3)5-7-20)16-22-13-23(28-33-22)26(30)27-14-21-8-9-24-25(12-21)32-17-31-24/h4-9,12-13,18H,10-11,14-17H2,1-3H3,(H,27,30). The fourth-order valence-corrected chi connectivity index (χ4v) is 3.65. The Kier molecular flexibility index (Phi) is 7.29. The monoisotopic (exact) mass is 449 g/mol. The average Bonchev–Trinajstić information content (AvgIpc) is 3.46. The molecule has 1 aliphatic rings. The van der Waals surface area contributed by atoms with Gasteiger partial charge in [0.05, 0.1) is 6.54 Å². The number of rotatable bonds is 10. The van der Waals surface area contributed by atoms with Crippen LogP contribution in [0.4, 0.5) is 0 Å². The number of nitrogens with zero attached hydrogens (tertiary/aromatic N) is 2. The predicted molar refractivity (Wildman–Crippen MR) is 125 cm³/mol. The van der Waals surface area contributed by atoms with Crippen LogP contribution in [0.2, 0.25) is 0 Å². The number of hydrogen-bond acceptors (Lipinski definition) is 6. The molecule has 0 aliphatic carbocycles. The van der Waals surface area contributed by atoms with Crippen molar-refractivity contribution >= 4 is 5.91 Å². The van der Waals surface area contributed by atoms with Crippen LogP contribution >= 0.6 is 0 Å². The van der Waals surface area contributed by atoms with Crippen molar-refractivity contribution < 1.29 is 18.8 Å². The van der Waals surface area contributed by atoms with Gasteiger partial charge in [0.1, 0.15) is 0 Å². The molecule has 0 fully saturated rings. The molecule has 0 bridgehead atoms. The maximum Gasteiger partial charge on any atom is 0.273 e. The molecule has 0 spiro atoms. The van der Waals surface area contributed by atoms with E-state index in [0.717, 1.165) is 30.8 Å². The normalized spacial score (nSPS) is 12.5. The quantitative estimate of drug-likeness (QED) is 0.484. The maximum atomic E-state index is 12.6. The number of nitrogens with one attached hydrogen (secondary N) is 1. The Morgan fingerprint density at radius 2 is 1.79 bits per heavy atom. The van der Waals surface area contributed by atoms with Crippen molar-refractivity contribution in [1.29, 1.82) is 0 Å². The molecular formula is C26H31N3O4. The number of carbonyl (C=O) groups excluding carboxylic acids is 1. The second-order valence-corrected chi connectivity index (χ2v) is 8.93. The van der Waals surface area contributed by atoms with Gasteiger partial charge < -0.3 is 19.3 Å². The summed E-state index contributed by atoms with van der Waals surface area (Å²) in [5.74, 6) is 2.44. The molecule has 2 heterocycles. The number of amides is 1. The molecule has 0 radical (unpaired) electrons. The lowest BCUT2D eigenvalue weighted by molar-refractivity contribution is 0.0941. The fraction of sp³-hybridized carbons (Fsp3) is 0.385. The molecule has 7 heteroatoms. The molecule has 0 atom stereocenters. The minimum absolute atomic E-state index is 0.227. The van der Waals surface area contributed by atoms with E-state index in [2.05, 4.69) is 60.4 Å². The molecule has 4 rings (SSSR count). The Bertz CT molecular complexity index is 1080. The number of hydrogen-bond donors (Lipinski definition) is 1. The molecule has 3 aromatic rings. The minimum Gasteiger partial charge on any atom is -0.454 e. The van der Waals surface area contributed by atoms with E-state index in [9.17, 15) is 4.79 Å². The van der Waals surface area contributed by atoms with E-state index >= 15 is 0 Å². The maximum absolute atomic E-state index is 12.6. The summed E-state index contributed by atoms with van der Waals surface area (Å²) in [7, 11) is 0. The van der Waals surface area contributed by atoms with Crippen molar-refractivity contribution in [3.8, 4) is 11.5 Å². The summed E-state index contributed by atoms with van der Waals surface area (Å²) in [6, 6.07) is 15.9. The van der Waals surface area contributed by atoms with Gasteiger partial charge in [-0.15, -0.1) is 0 Å². The van der Waals surface area contributed by atoms with Gasteiger partial charge in [-0.2, -0.15) is 0 Å². The van der Waals surface area contributed by atoms with E-state index < -0.39 is 0 Å². The third-order valence-corrected chi connectivity index (χ3v) is 5.61. The van der Waals surface area contributed by atoms with Gasteiger partial charge in [0.25, 0.3) is 5.91 Å². The first-order valence-electron chi connectivity index (χ1n) is 11.4. The van der Waals surface area contributed by atoms with Gasteiger partial charge in [0.15, 0.2) is 23.0 Å². The Morgan fingerprint density at radius 1 is 1.03 bits per heavy atom. The molecule has 2 aromatic carbocycles. The largest absolute Gasteiger partial charge is 0.454 e. The van der Waals surface area contributed by atoms with Crippen molar-refractivity contribution in [2.75, 3.05) is 13.3 Å². The lowest BCUT2D eigenvalue weighted by Crippen LogP contribution is -2.25. The van der Waals surface area contributed by atoms with Crippen molar-refractivity contribution in [2.45, 2.75) is 46.8 Å². The van der Waals surface area contributed by atoms with Crippen molar-refractivity contribution in [1.82, 2.24) is 15.4 Å². The molecule has 174 valence electrons. The molecule has 7 nitrogen and oxygen atoms in total. The Balaban J connectivity index is 1.35. The van der Waals surface area contributed by atoms with Gasteiger partial charge in [-0.05, 0) is 49.1 Å². The Morgan fingerprint density at radius 3 is 2.58 bits per heavy atom. The highest BCUT2D eigenvalue weighted by atomic mass is 16.7. The third kappa shape index (κ3) is 6.35. The average molecular weight is 450 g/mol.